The molecule has 0 spiro atoms. The van der Waals surface area contributed by atoms with Crippen molar-refractivity contribution in [3.05, 3.63) is 34.4 Å². The smallest absolute Gasteiger partial charge is 0.317 e. The lowest BCUT2D eigenvalue weighted by atomic mass is 9.82. The fourth-order valence-electron chi connectivity index (χ4n) is 4.14. The molecule has 1 fully saturated rings. The first-order chi connectivity index (χ1) is 13.0. The molecule has 1 aliphatic rings. The van der Waals surface area contributed by atoms with Crippen LogP contribution in [0.1, 0.15) is 78.9 Å². The molecule has 0 heterocycles. The number of hydrogen-bond donors (Lipinski definition) is 0. The molecule has 150 valence electrons. The standard InChI is InChI=1S/C22H32O3.H2OP/c1-5-6-9-12-25-22(24)20(18-10-7-8-11-18)21(23)19-16(3)13-15(2)14-17(19)4;1-2/h13-14,18,20H,5-12H2,1-4H3;2H2/q;+1. The third kappa shape index (κ3) is 6.53. The van der Waals surface area contributed by atoms with Gasteiger partial charge >= 0.3 is 15.1 Å². The molecule has 0 saturated heterocycles. The zero-order valence-electron chi connectivity index (χ0n) is 17.2. The minimum absolute atomic E-state index is 0.0395. The van der Waals surface area contributed by atoms with E-state index in [1.165, 1.54) is 9.12 Å². The summed E-state index contributed by atoms with van der Waals surface area (Å²) in [6.07, 6.45) is 7.11. The number of ketones is 1. The van der Waals surface area contributed by atoms with Crippen LogP contribution in [0.3, 0.4) is 0 Å². The van der Waals surface area contributed by atoms with Gasteiger partial charge in [-0.2, -0.15) is 0 Å². The van der Waals surface area contributed by atoms with E-state index in [2.05, 4.69) is 6.92 Å². The summed E-state index contributed by atoms with van der Waals surface area (Å²) in [6.45, 7) is 8.51. The third-order valence-corrected chi connectivity index (χ3v) is 5.32. The normalized spacial score (nSPS) is 15.0. The molecule has 4 nitrogen and oxygen atoms in total. The van der Waals surface area contributed by atoms with Crippen molar-refractivity contribution in [2.75, 3.05) is 6.61 Å². The van der Waals surface area contributed by atoms with Crippen LogP contribution in [0.5, 0.6) is 0 Å². The molecule has 0 N–H and O–H groups in total. The van der Waals surface area contributed by atoms with Crippen molar-refractivity contribution in [2.24, 2.45) is 11.8 Å². The Hall–Kier alpha value is -1.54. The highest BCUT2D eigenvalue weighted by atomic mass is 31.0. The quantitative estimate of drug-likeness (QED) is 0.191. The zero-order chi connectivity index (χ0) is 20.4. The van der Waals surface area contributed by atoms with E-state index in [1.54, 1.807) is 0 Å². The molecule has 27 heavy (non-hydrogen) atoms. The summed E-state index contributed by atoms with van der Waals surface area (Å²) in [4.78, 5) is 26.1. The van der Waals surface area contributed by atoms with Gasteiger partial charge in [0, 0.05) is 5.56 Å². The number of unbranched alkanes of at least 4 members (excludes halogenated alkanes) is 2. The predicted molar refractivity (Wildman–Crippen MR) is 111 cm³/mol. The summed E-state index contributed by atoms with van der Waals surface area (Å²) in [6, 6.07) is 4.05. The summed E-state index contributed by atoms with van der Waals surface area (Å²) in [5.41, 5.74) is 3.78. The average Bonchev–Trinajstić information content (AvgIpc) is 3.14. The Bertz CT molecular complexity index is 612. The van der Waals surface area contributed by atoms with Gasteiger partial charge in [-0.25, -0.2) is 0 Å². The first kappa shape index (κ1) is 23.5. The Morgan fingerprint density at radius 2 is 1.63 bits per heavy atom. The summed E-state index contributed by atoms with van der Waals surface area (Å²) in [7, 11) is 1.17. The van der Waals surface area contributed by atoms with Crippen LogP contribution in [0, 0.1) is 32.6 Å². The van der Waals surface area contributed by atoms with Gasteiger partial charge in [-0.3, -0.25) is 9.59 Å². The van der Waals surface area contributed by atoms with Crippen LogP contribution < -0.4 is 0 Å². The number of benzene rings is 1. The highest BCUT2D eigenvalue weighted by Crippen LogP contribution is 2.35. The Kier molecular flexibility index (Phi) is 10.5. The van der Waals surface area contributed by atoms with Crippen molar-refractivity contribution < 1.29 is 18.9 Å². The predicted octanol–water partition coefficient (Wildman–Crippen LogP) is 5.54. The van der Waals surface area contributed by atoms with Gasteiger partial charge in [0.15, 0.2) is 5.78 Å². The molecule has 2 rings (SSSR count). The van der Waals surface area contributed by atoms with E-state index in [0.29, 0.717) is 12.2 Å². The molecule has 1 aromatic carbocycles. The van der Waals surface area contributed by atoms with Crippen LogP contribution in [0.2, 0.25) is 0 Å². The maximum Gasteiger partial charge on any atom is 0.317 e. The number of ether oxygens (including phenoxy) is 1. The Morgan fingerprint density at radius 1 is 1.07 bits per heavy atom. The number of Topliss-reactive ketones (excluding diaryl/α,β-unsaturated/α-hetero) is 1. The van der Waals surface area contributed by atoms with E-state index >= 15 is 0 Å². The fraction of sp³-hybridized carbons (Fsp3) is 0.636. The first-order valence-electron chi connectivity index (χ1n) is 9.98. The van der Waals surface area contributed by atoms with Gasteiger partial charge in [-0.15, -0.1) is 0 Å². The second-order valence-corrected chi connectivity index (χ2v) is 7.53. The summed E-state index contributed by atoms with van der Waals surface area (Å²) >= 11 is 0. The molecule has 1 aromatic rings. The number of carbonyl (C=O) groups excluding carboxylic acids is 2. The Balaban J connectivity index is 0.00000176. The van der Waals surface area contributed by atoms with Crippen LogP contribution in [0.4, 0.5) is 0 Å². The van der Waals surface area contributed by atoms with Gasteiger partial charge in [-0.1, -0.05) is 54.9 Å². The average molecular weight is 393 g/mol. The van der Waals surface area contributed by atoms with Gasteiger partial charge in [0.2, 0.25) is 0 Å². The third-order valence-electron chi connectivity index (χ3n) is 5.32. The van der Waals surface area contributed by atoms with E-state index in [1.807, 2.05) is 32.9 Å². The van der Waals surface area contributed by atoms with Gasteiger partial charge in [0.1, 0.15) is 5.92 Å². The molecular weight excluding hydrogens is 359 g/mol. The fourth-order valence-corrected chi connectivity index (χ4v) is 4.14. The zero-order valence-corrected chi connectivity index (χ0v) is 18.3. The molecule has 0 aliphatic heterocycles. The molecule has 0 bridgehead atoms. The molecule has 0 amide bonds. The lowest BCUT2D eigenvalue weighted by Crippen LogP contribution is -2.33. The first-order valence-corrected chi connectivity index (χ1v) is 10.4. The van der Waals surface area contributed by atoms with E-state index in [0.717, 1.165) is 61.6 Å². The lowest BCUT2D eigenvalue weighted by molar-refractivity contribution is -0.148. The van der Waals surface area contributed by atoms with Crippen LogP contribution in [0.25, 0.3) is 0 Å². The highest BCUT2D eigenvalue weighted by Gasteiger charge is 2.38. The molecule has 1 aliphatic carbocycles. The van der Waals surface area contributed by atoms with Crippen molar-refractivity contribution >= 4 is 20.9 Å². The Morgan fingerprint density at radius 3 is 2.15 bits per heavy atom. The molecule has 0 aromatic heterocycles. The van der Waals surface area contributed by atoms with Gasteiger partial charge in [0.25, 0.3) is 0 Å². The topological polar surface area (TPSA) is 60.4 Å². The summed E-state index contributed by atoms with van der Waals surface area (Å²) < 4.78 is 13.7. The molecule has 2 unspecified atom stereocenters. The number of carbonyl (C=O) groups is 2. The van der Waals surface area contributed by atoms with Crippen molar-refractivity contribution in [3.63, 3.8) is 0 Å². The minimum atomic E-state index is -0.635. The van der Waals surface area contributed by atoms with Gasteiger partial charge in [-0.05, 0) is 57.1 Å². The number of esters is 1. The van der Waals surface area contributed by atoms with E-state index < -0.39 is 5.92 Å². The second-order valence-electron chi connectivity index (χ2n) is 7.53. The maximum absolute atomic E-state index is 13.3. The SMILES string of the molecule is CCCCCOC(=O)C(C(=O)c1c(C)cc(C)cc1C)C1CCCC1.O=[PH2+]. The van der Waals surface area contributed by atoms with Gasteiger partial charge in [0.05, 0.1) is 6.61 Å². The van der Waals surface area contributed by atoms with Crippen LogP contribution in [-0.2, 0) is 14.1 Å². The van der Waals surface area contributed by atoms with Crippen LogP contribution in [0.15, 0.2) is 12.1 Å². The number of hydrogen-bond acceptors (Lipinski definition) is 4. The number of rotatable bonds is 8. The van der Waals surface area contributed by atoms with Crippen molar-refractivity contribution in [1.82, 2.24) is 0 Å². The molecular formula is C22H34O4P+. The van der Waals surface area contributed by atoms with Crippen LogP contribution >= 0.6 is 9.12 Å². The number of aryl methyl sites for hydroxylation is 3. The lowest BCUT2D eigenvalue weighted by Gasteiger charge is -2.23. The molecule has 1 saturated carbocycles. The molecule has 5 heteroatoms. The van der Waals surface area contributed by atoms with E-state index in [-0.39, 0.29) is 17.7 Å². The monoisotopic (exact) mass is 393 g/mol. The van der Waals surface area contributed by atoms with E-state index in [4.69, 9.17) is 9.30 Å². The van der Waals surface area contributed by atoms with Gasteiger partial charge < -0.3 is 4.74 Å². The van der Waals surface area contributed by atoms with Crippen LogP contribution in [-0.4, -0.2) is 18.4 Å². The minimum Gasteiger partial charge on any atom is -0.465 e. The largest absolute Gasteiger partial charge is 0.465 e. The van der Waals surface area contributed by atoms with E-state index in [9.17, 15) is 9.59 Å². The Labute approximate surface area is 165 Å². The van der Waals surface area contributed by atoms with Crippen molar-refractivity contribution in [3.8, 4) is 0 Å². The van der Waals surface area contributed by atoms with Crippen molar-refractivity contribution in [2.45, 2.75) is 72.6 Å². The highest BCUT2D eigenvalue weighted by molar-refractivity contribution is 7.00. The maximum atomic E-state index is 13.3. The summed E-state index contributed by atoms with van der Waals surface area (Å²) in [5.74, 6) is -0.856. The molecule has 2 atom stereocenters. The second kappa shape index (κ2) is 12.0. The van der Waals surface area contributed by atoms with Crippen molar-refractivity contribution in [1.29, 1.82) is 0 Å². The molecule has 0 radical (unpaired) electrons. The summed E-state index contributed by atoms with van der Waals surface area (Å²) in [5, 5.41) is 0.